The summed E-state index contributed by atoms with van der Waals surface area (Å²) in [5, 5.41) is 4.23. The predicted molar refractivity (Wildman–Crippen MR) is 57.4 cm³/mol. The Balaban J connectivity index is 1.85. The molecular formula is C11H18N2O. The van der Waals surface area contributed by atoms with E-state index in [1.165, 1.54) is 31.6 Å². The second-order valence-electron chi connectivity index (χ2n) is 4.00. The van der Waals surface area contributed by atoms with Gasteiger partial charge in [0.25, 0.3) is 0 Å². The molecular weight excluding hydrogens is 176 g/mol. The van der Waals surface area contributed by atoms with Gasteiger partial charge in [-0.3, -0.25) is 4.90 Å². The molecule has 0 unspecified atom stereocenters. The molecule has 0 aliphatic carbocycles. The molecule has 3 heteroatoms. The zero-order valence-electron chi connectivity index (χ0n) is 8.78. The van der Waals surface area contributed by atoms with E-state index in [9.17, 15) is 0 Å². The summed E-state index contributed by atoms with van der Waals surface area (Å²) in [5.74, 6) is 0.700. The quantitative estimate of drug-likeness (QED) is 0.388. The zero-order chi connectivity index (χ0) is 9.80. The highest BCUT2D eigenvalue weighted by Gasteiger charge is 2.31. The fourth-order valence-corrected chi connectivity index (χ4v) is 2.15. The van der Waals surface area contributed by atoms with Gasteiger partial charge in [-0.25, -0.2) is 0 Å². The lowest BCUT2D eigenvalue weighted by Crippen LogP contribution is -2.47. The van der Waals surface area contributed by atoms with Crippen molar-refractivity contribution < 1.29 is 4.84 Å². The lowest BCUT2D eigenvalue weighted by Gasteiger charge is -2.39. The van der Waals surface area contributed by atoms with Gasteiger partial charge in [-0.2, -0.15) is 0 Å². The molecule has 3 heterocycles. The summed E-state index contributed by atoms with van der Waals surface area (Å²) in [5.41, 5.74) is 1.26. The van der Waals surface area contributed by atoms with E-state index in [1.807, 2.05) is 19.1 Å². The number of allylic oxidation sites excluding steroid dienone is 1. The summed E-state index contributed by atoms with van der Waals surface area (Å²) in [6.45, 7) is 6.12. The third kappa shape index (κ3) is 2.15. The summed E-state index contributed by atoms with van der Waals surface area (Å²) in [7, 11) is 0. The fraction of sp³-hybridized carbons (Fsp3) is 0.727. The molecule has 0 amide bonds. The van der Waals surface area contributed by atoms with Crippen LogP contribution in [0.1, 0.15) is 19.8 Å². The zero-order valence-corrected chi connectivity index (χ0v) is 8.78. The van der Waals surface area contributed by atoms with Crippen molar-refractivity contribution in [3.05, 3.63) is 12.2 Å². The van der Waals surface area contributed by atoms with Gasteiger partial charge in [0.15, 0.2) is 0 Å². The number of piperidine rings is 3. The molecule has 3 nitrogen and oxygen atoms in total. The van der Waals surface area contributed by atoms with Crippen molar-refractivity contribution in [3.63, 3.8) is 0 Å². The van der Waals surface area contributed by atoms with Crippen molar-refractivity contribution >= 4 is 5.71 Å². The van der Waals surface area contributed by atoms with Gasteiger partial charge < -0.3 is 4.84 Å². The Kier molecular flexibility index (Phi) is 3.19. The third-order valence-electron chi connectivity index (χ3n) is 3.03. The Morgan fingerprint density at radius 1 is 1.50 bits per heavy atom. The summed E-state index contributed by atoms with van der Waals surface area (Å²) in [6.07, 6.45) is 6.50. The maximum Gasteiger partial charge on any atom is 0.135 e. The van der Waals surface area contributed by atoms with Crippen LogP contribution in [-0.4, -0.2) is 36.9 Å². The summed E-state index contributed by atoms with van der Waals surface area (Å²) < 4.78 is 0. The van der Waals surface area contributed by atoms with Crippen molar-refractivity contribution in [1.82, 2.24) is 4.90 Å². The monoisotopic (exact) mass is 194 g/mol. The van der Waals surface area contributed by atoms with Crippen molar-refractivity contribution in [2.24, 2.45) is 11.1 Å². The highest BCUT2D eigenvalue weighted by molar-refractivity contribution is 5.89. The maximum absolute atomic E-state index is 5.24. The second-order valence-corrected chi connectivity index (χ2v) is 4.00. The first-order valence-corrected chi connectivity index (χ1v) is 5.42. The molecule has 0 saturated carbocycles. The molecule has 0 atom stereocenters. The molecule has 0 aromatic carbocycles. The number of hydrogen-bond acceptors (Lipinski definition) is 3. The van der Waals surface area contributed by atoms with Crippen LogP contribution in [-0.2, 0) is 4.84 Å². The van der Waals surface area contributed by atoms with Gasteiger partial charge in [-0.15, -0.1) is 0 Å². The Bertz CT molecular complexity index is 240. The molecule has 14 heavy (non-hydrogen) atoms. The topological polar surface area (TPSA) is 24.8 Å². The Labute approximate surface area is 85.4 Å². The van der Waals surface area contributed by atoms with E-state index < -0.39 is 0 Å². The van der Waals surface area contributed by atoms with E-state index in [0.717, 1.165) is 6.54 Å². The molecule has 2 bridgehead atoms. The molecule has 78 valence electrons. The summed E-state index contributed by atoms with van der Waals surface area (Å²) in [4.78, 5) is 7.70. The minimum atomic E-state index is 0.604. The molecule has 0 radical (unpaired) electrons. The van der Waals surface area contributed by atoms with Gasteiger partial charge in [0, 0.05) is 12.5 Å². The van der Waals surface area contributed by atoms with E-state index >= 15 is 0 Å². The lowest BCUT2D eigenvalue weighted by molar-refractivity contribution is 0.151. The van der Waals surface area contributed by atoms with Gasteiger partial charge in [-0.05, 0) is 38.9 Å². The van der Waals surface area contributed by atoms with Crippen LogP contribution in [0.15, 0.2) is 17.3 Å². The molecule has 0 N–H and O–H groups in total. The van der Waals surface area contributed by atoms with E-state index in [-0.39, 0.29) is 0 Å². The van der Waals surface area contributed by atoms with Crippen LogP contribution >= 0.6 is 0 Å². The molecule has 3 aliphatic rings. The Hall–Kier alpha value is -0.830. The standard InChI is InChI=1S/C11H18N2O/c1-2-3-8-14-12-11-9-13-6-4-10(11)5-7-13/h2-3,10H,4-9H2,1H3/b3-2-,12-11-. The number of hydrogen-bond donors (Lipinski definition) is 0. The van der Waals surface area contributed by atoms with Crippen LogP contribution in [0.4, 0.5) is 0 Å². The normalized spacial score (nSPS) is 34.2. The van der Waals surface area contributed by atoms with Gasteiger partial charge in [0.1, 0.15) is 6.61 Å². The number of rotatable bonds is 3. The highest BCUT2D eigenvalue weighted by Crippen LogP contribution is 2.25. The van der Waals surface area contributed by atoms with Crippen molar-refractivity contribution in [1.29, 1.82) is 0 Å². The molecule has 0 spiro atoms. The van der Waals surface area contributed by atoms with E-state index in [2.05, 4.69) is 10.1 Å². The minimum absolute atomic E-state index is 0.604. The van der Waals surface area contributed by atoms with Crippen LogP contribution in [0.5, 0.6) is 0 Å². The molecule has 0 aromatic rings. The molecule has 0 aromatic heterocycles. The van der Waals surface area contributed by atoms with Crippen molar-refractivity contribution in [2.45, 2.75) is 19.8 Å². The van der Waals surface area contributed by atoms with E-state index in [0.29, 0.717) is 12.5 Å². The molecule has 3 fully saturated rings. The van der Waals surface area contributed by atoms with Crippen molar-refractivity contribution in [2.75, 3.05) is 26.2 Å². The van der Waals surface area contributed by atoms with E-state index in [1.54, 1.807) is 0 Å². The lowest BCUT2D eigenvalue weighted by atomic mass is 9.87. The van der Waals surface area contributed by atoms with Crippen molar-refractivity contribution in [3.8, 4) is 0 Å². The van der Waals surface area contributed by atoms with Crippen LogP contribution in [0.2, 0.25) is 0 Å². The first-order valence-electron chi connectivity index (χ1n) is 5.42. The molecule has 3 saturated heterocycles. The fourth-order valence-electron chi connectivity index (χ4n) is 2.15. The second kappa shape index (κ2) is 4.60. The largest absolute Gasteiger partial charge is 0.392 e. The SMILES string of the molecule is C/C=C\CO/N=C1/CN2CCC1CC2. The van der Waals surface area contributed by atoms with Crippen LogP contribution in [0.3, 0.4) is 0 Å². The number of nitrogens with zero attached hydrogens (tertiary/aromatic N) is 2. The van der Waals surface area contributed by atoms with Gasteiger partial charge in [0.2, 0.25) is 0 Å². The Morgan fingerprint density at radius 2 is 2.29 bits per heavy atom. The summed E-state index contributed by atoms with van der Waals surface area (Å²) >= 11 is 0. The summed E-state index contributed by atoms with van der Waals surface area (Å²) in [6, 6.07) is 0. The molecule has 3 rings (SSSR count). The highest BCUT2D eigenvalue weighted by atomic mass is 16.6. The van der Waals surface area contributed by atoms with Crippen LogP contribution in [0.25, 0.3) is 0 Å². The van der Waals surface area contributed by atoms with Gasteiger partial charge in [0.05, 0.1) is 5.71 Å². The average molecular weight is 194 g/mol. The first kappa shape index (κ1) is 9.71. The van der Waals surface area contributed by atoms with Crippen LogP contribution < -0.4 is 0 Å². The number of fused-ring (bicyclic) bond motifs is 3. The maximum atomic E-state index is 5.24. The van der Waals surface area contributed by atoms with Gasteiger partial charge in [-0.1, -0.05) is 11.2 Å². The minimum Gasteiger partial charge on any atom is -0.392 e. The van der Waals surface area contributed by atoms with Gasteiger partial charge >= 0.3 is 0 Å². The smallest absolute Gasteiger partial charge is 0.135 e. The van der Waals surface area contributed by atoms with E-state index in [4.69, 9.17) is 4.84 Å². The van der Waals surface area contributed by atoms with Crippen LogP contribution in [0, 0.1) is 5.92 Å². The average Bonchev–Trinajstić information content (AvgIpc) is 2.26. The Morgan fingerprint density at radius 3 is 2.86 bits per heavy atom. The number of oxime groups is 1. The first-order chi connectivity index (χ1) is 6.90. The molecule has 3 aliphatic heterocycles. The predicted octanol–water partition coefficient (Wildman–Crippen LogP) is 1.66. The third-order valence-corrected chi connectivity index (χ3v) is 3.03.